The van der Waals surface area contributed by atoms with Crippen LogP contribution in [0.4, 0.5) is 0 Å². The van der Waals surface area contributed by atoms with Crippen LogP contribution in [0.2, 0.25) is 0 Å². The Balaban J connectivity index is 2.61. The van der Waals surface area contributed by atoms with Crippen molar-refractivity contribution in [3.05, 3.63) is 0 Å². The van der Waals surface area contributed by atoms with Crippen LogP contribution in [0.3, 0.4) is 0 Å². The number of carbonyl (C=O) groups is 2. The molecule has 0 bridgehead atoms. The first-order valence-corrected chi connectivity index (χ1v) is 4.04. The molecule has 0 aliphatic carbocycles. The molecular weight excluding hydrogens is 158 g/mol. The van der Waals surface area contributed by atoms with Crippen molar-refractivity contribution in [1.29, 1.82) is 0 Å². The zero-order valence-corrected chi connectivity index (χ0v) is 7.37. The van der Waals surface area contributed by atoms with Gasteiger partial charge in [-0.1, -0.05) is 6.92 Å². The van der Waals surface area contributed by atoms with Crippen LogP contribution in [-0.4, -0.2) is 29.4 Å². The Labute approximate surface area is 71.4 Å². The number of hydrogen-bond acceptors (Lipinski definition) is 3. The van der Waals surface area contributed by atoms with Crippen molar-refractivity contribution >= 4 is 12.2 Å². The first-order valence-electron chi connectivity index (χ1n) is 4.04. The lowest BCUT2D eigenvalue weighted by molar-refractivity contribution is -0.194. The number of carbonyl (C=O) groups excluding carboxylic acids is 2. The van der Waals surface area contributed by atoms with E-state index in [4.69, 9.17) is 4.84 Å². The summed E-state index contributed by atoms with van der Waals surface area (Å²) in [4.78, 5) is 26.6. The highest BCUT2D eigenvalue weighted by atomic mass is 16.7. The summed E-state index contributed by atoms with van der Waals surface area (Å²) in [6.07, 6.45) is 1.81. The predicted molar refractivity (Wildman–Crippen MR) is 42.2 cm³/mol. The smallest absolute Gasteiger partial charge is 0.249 e. The molecule has 1 unspecified atom stereocenters. The lowest BCUT2D eigenvalue weighted by Crippen LogP contribution is -2.28. The van der Waals surface area contributed by atoms with Crippen molar-refractivity contribution in [2.75, 3.05) is 6.54 Å². The van der Waals surface area contributed by atoms with Gasteiger partial charge in [-0.25, -0.2) is 5.06 Å². The molecule has 4 nitrogen and oxygen atoms in total. The van der Waals surface area contributed by atoms with Gasteiger partial charge in [0.1, 0.15) is 18.4 Å². The average Bonchev–Trinajstić information content (AvgIpc) is 2.30. The third kappa shape index (κ3) is 1.64. The molecule has 0 N–H and O–H groups in total. The van der Waals surface area contributed by atoms with Gasteiger partial charge in [-0.3, -0.25) is 9.63 Å². The number of hydrogen-bond donors (Lipinski definition) is 0. The van der Waals surface area contributed by atoms with Gasteiger partial charge in [0.15, 0.2) is 0 Å². The van der Waals surface area contributed by atoms with Gasteiger partial charge in [0.25, 0.3) is 0 Å². The topological polar surface area (TPSA) is 46.6 Å². The zero-order chi connectivity index (χ0) is 9.19. The molecule has 1 amide bonds. The second-order valence-electron chi connectivity index (χ2n) is 3.19. The van der Waals surface area contributed by atoms with Gasteiger partial charge in [-0.05, 0) is 13.3 Å². The number of rotatable bonds is 3. The summed E-state index contributed by atoms with van der Waals surface area (Å²) in [7, 11) is 0. The Morgan fingerprint density at radius 1 is 1.75 bits per heavy atom. The van der Waals surface area contributed by atoms with Crippen molar-refractivity contribution in [3.8, 4) is 0 Å². The van der Waals surface area contributed by atoms with Gasteiger partial charge < -0.3 is 4.79 Å². The van der Waals surface area contributed by atoms with Gasteiger partial charge in [0, 0.05) is 0 Å². The van der Waals surface area contributed by atoms with Gasteiger partial charge in [0.2, 0.25) is 5.91 Å². The molecule has 1 saturated heterocycles. The molecule has 1 aliphatic rings. The monoisotopic (exact) mass is 171 g/mol. The minimum absolute atomic E-state index is 0.0361. The van der Waals surface area contributed by atoms with Crippen LogP contribution < -0.4 is 0 Å². The van der Waals surface area contributed by atoms with Crippen LogP contribution in [0.5, 0.6) is 0 Å². The minimum atomic E-state index is -0.403. The van der Waals surface area contributed by atoms with E-state index < -0.39 is 5.60 Å². The highest BCUT2D eigenvalue weighted by Gasteiger charge is 2.39. The van der Waals surface area contributed by atoms with Crippen LogP contribution >= 0.6 is 0 Å². The number of aldehydes is 1. The standard InChI is InChI=1S/C8H13NO3/c1-3-8(2)6-7(11)9(12-8)4-5-10/h5H,3-4,6H2,1-2H3. The molecule has 1 rings (SSSR count). The fourth-order valence-electron chi connectivity index (χ4n) is 1.15. The largest absolute Gasteiger partial charge is 0.301 e. The molecular formula is C8H13NO3. The molecule has 0 radical (unpaired) electrons. The minimum Gasteiger partial charge on any atom is -0.301 e. The molecule has 0 spiro atoms. The van der Waals surface area contributed by atoms with E-state index in [-0.39, 0.29) is 12.5 Å². The Kier molecular flexibility index (Phi) is 2.47. The van der Waals surface area contributed by atoms with E-state index in [0.29, 0.717) is 12.7 Å². The van der Waals surface area contributed by atoms with Crippen molar-refractivity contribution in [2.24, 2.45) is 0 Å². The summed E-state index contributed by atoms with van der Waals surface area (Å²) in [6, 6.07) is 0. The van der Waals surface area contributed by atoms with E-state index in [9.17, 15) is 9.59 Å². The fourth-order valence-corrected chi connectivity index (χ4v) is 1.15. The van der Waals surface area contributed by atoms with E-state index in [1.807, 2.05) is 13.8 Å². The highest BCUT2D eigenvalue weighted by molar-refractivity contribution is 5.79. The Morgan fingerprint density at radius 2 is 2.42 bits per heavy atom. The average molecular weight is 171 g/mol. The molecule has 1 atom stereocenters. The Bertz CT molecular complexity index is 204. The second kappa shape index (κ2) is 3.23. The molecule has 0 aromatic carbocycles. The summed E-state index contributed by atoms with van der Waals surface area (Å²) >= 11 is 0. The Hall–Kier alpha value is -0.900. The van der Waals surface area contributed by atoms with Gasteiger partial charge >= 0.3 is 0 Å². The van der Waals surface area contributed by atoms with Crippen LogP contribution in [0.25, 0.3) is 0 Å². The highest BCUT2D eigenvalue weighted by Crippen LogP contribution is 2.28. The van der Waals surface area contributed by atoms with E-state index in [1.165, 1.54) is 0 Å². The normalized spacial score (nSPS) is 29.5. The maximum absolute atomic E-state index is 11.2. The lowest BCUT2D eigenvalue weighted by Gasteiger charge is -2.20. The zero-order valence-electron chi connectivity index (χ0n) is 7.37. The van der Waals surface area contributed by atoms with Crippen LogP contribution in [0, 0.1) is 0 Å². The summed E-state index contributed by atoms with van der Waals surface area (Å²) in [6.45, 7) is 3.86. The molecule has 1 fully saturated rings. The van der Waals surface area contributed by atoms with Crippen LogP contribution in [0.15, 0.2) is 0 Å². The number of hydroxylamine groups is 2. The summed E-state index contributed by atoms with van der Waals surface area (Å²) in [5.74, 6) is -0.105. The van der Waals surface area contributed by atoms with Crippen molar-refractivity contribution in [3.63, 3.8) is 0 Å². The lowest BCUT2D eigenvalue weighted by atomic mass is 10.0. The third-order valence-electron chi connectivity index (χ3n) is 2.12. The molecule has 0 aromatic heterocycles. The van der Waals surface area contributed by atoms with Crippen molar-refractivity contribution in [1.82, 2.24) is 5.06 Å². The first kappa shape index (κ1) is 9.19. The fraction of sp³-hybridized carbons (Fsp3) is 0.750. The molecule has 12 heavy (non-hydrogen) atoms. The van der Waals surface area contributed by atoms with E-state index in [0.717, 1.165) is 11.5 Å². The second-order valence-corrected chi connectivity index (χ2v) is 3.19. The molecule has 1 aliphatic heterocycles. The van der Waals surface area contributed by atoms with Gasteiger partial charge in [0.05, 0.1) is 6.42 Å². The molecule has 4 heteroatoms. The number of amides is 1. The maximum atomic E-state index is 11.2. The summed E-state index contributed by atoms with van der Waals surface area (Å²) in [5, 5.41) is 1.14. The van der Waals surface area contributed by atoms with Crippen molar-refractivity contribution < 1.29 is 14.4 Å². The maximum Gasteiger partial charge on any atom is 0.249 e. The first-order chi connectivity index (χ1) is 5.61. The van der Waals surface area contributed by atoms with E-state index in [2.05, 4.69) is 0 Å². The van der Waals surface area contributed by atoms with E-state index in [1.54, 1.807) is 0 Å². The summed E-state index contributed by atoms with van der Waals surface area (Å²) in [5.41, 5.74) is -0.403. The quantitative estimate of drug-likeness (QED) is 0.581. The van der Waals surface area contributed by atoms with Crippen molar-refractivity contribution in [2.45, 2.75) is 32.3 Å². The Morgan fingerprint density at radius 3 is 2.83 bits per heavy atom. The van der Waals surface area contributed by atoms with Crippen LogP contribution in [-0.2, 0) is 14.4 Å². The van der Waals surface area contributed by atoms with Crippen LogP contribution in [0.1, 0.15) is 26.7 Å². The summed E-state index contributed by atoms with van der Waals surface area (Å²) < 4.78 is 0. The molecule has 0 saturated carbocycles. The molecule has 1 heterocycles. The van der Waals surface area contributed by atoms with Gasteiger partial charge in [-0.2, -0.15) is 0 Å². The number of nitrogens with zero attached hydrogens (tertiary/aromatic N) is 1. The molecule has 0 aromatic rings. The third-order valence-corrected chi connectivity index (χ3v) is 2.12. The molecule has 68 valence electrons. The predicted octanol–water partition coefficient (Wildman–Crippen LogP) is 0.518. The SMILES string of the molecule is CCC1(C)CC(=O)N(CC=O)O1. The van der Waals surface area contributed by atoms with Gasteiger partial charge in [-0.15, -0.1) is 0 Å². The van der Waals surface area contributed by atoms with E-state index >= 15 is 0 Å².